The number of hydrogen-bond acceptors (Lipinski definition) is 6. The molecule has 0 saturated heterocycles. The number of anilines is 1. The van der Waals surface area contributed by atoms with E-state index in [0.717, 1.165) is 16.8 Å². The van der Waals surface area contributed by atoms with E-state index in [4.69, 9.17) is 25.8 Å². The Hall–Kier alpha value is -2.77. The molecule has 0 aliphatic carbocycles. The number of nitrogens with one attached hydrogen (secondary N) is 1. The SMILES string of the molecule is COc1ccc(CCC(=O)Nc2nc(-c3ccccc3Cl)cs2)c(OC)c1OC. The molecule has 0 bridgehead atoms. The molecule has 0 aliphatic heterocycles. The number of benzene rings is 2. The van der Waals surface area contributed by atoms with Gasteiger partial charge in [0.05, 0.1) is 27.0 Å². The molecule has 8 heteroatoms. The van der Waals surface area contributed by atoms with Crippen LogP contribution in [0.4, 0.5) is 5.13 Å². The van der Waals surface area contributed by atoms with Crippen molar-refractivity contribution in [3.8, 4) is 28.5 Å². The average Bonchev–Trinajstić information content (AvgIpc) is 3.19. The third-order valence-corrected chi connectivity index (χ3v) is 5.39. The lowest BCUT2D eigenvalue weighted by atomic mass is 10.1. The lowest BCUT2D eigenvalue weighted by Gasteiger charge is -2.15. The van der Waals surface area contributed by atoms with Crippen LogP contribution in [-0.4, -0.2) is 32.2 Å². The number of carbonyl (C=O) groups excluding carboxylic acids is 1. The zero-order valence-electron chi connectivity index (χ0n) is 16.3. The Balaban J connectivity index is 1.66. The van der Waals surface area contributed by atoms with E-state index in [9.17, 15) is 4.79 Å². The number of nitrogens with zero attached hydrogens (tertiary/aromatic N) is 1. The standard InChI is InChI=1S/C21H21ClN2O4S/c1-26-17-10-8-13(19(27-2)20(17)28-3)9-11-18(25)24-21-23-16(12-29-21)14-6-4-5-7-15(14)22/h4-8,10,12H,9,11H2,1-3H3,(H,23,24,25). The molecule has 0 fully saturated rings. The molecule has 2 aromatic carbocycles. The molecule has 152 valence electrons. The van der Waals surface area contributed by atoms with Gasteiger partial charge in [0.1, 0.15) is 0 Å². The molecule has 1 N–H and O–H groups in total. The highest BCUT2D eigenvalue weighted by atomic mass is 35.5. The first-order valence-electron chi connectivity index (χ1n) is 8.85. The molecular weight excluding hydrogens is 412 g/mol. The summed E-state index contributed by atoms with van der Waals surface area (Å²) in [5.74, 6) is 1.52. The normalized spacial score (nSPS) is 10.5. The van der Waals surface area contributed by atoms with E-state index in [1.54, 1.807) is 27.4 Å². The molecule has 0 unspecified atom stereocenters. The minimum Gasteiger partial charge on any atom is -0.493 e. The number of aryl methyl sites for hydroxylation is 1. The molecule has 0 radical (unpaired) electrons. The lowest BCUT2D eigenvalue weighted by molar-refractivity contribution is -0.116. The quantitative estimate of drug-likeness (QED) is 0.538. The first-order valence-corrected chi connectivity index (χ1v) is 10.1. The first-order chi connectivity index (χ1) is 14.1. The summed E-state index contributed by atoms with van der Waals surface area (Å²) < 4.78 is 16.1. The van der Waals surface area contributed by atoms with Crippen LogP contribution in [0.3, 0.4) is 0 Å². The van der Waals surface area contributed by atoms with Crippen molar-refractivity contribution < 1.29 is 19.0 Å². The monoisotopic (exact) mass is 432 g/mol. The van der Waals surface area contributed by atoms with Gasteiger partial charge in [-0.3, -0.25) is 4.79 Å². The summed E-state index contributed by atoms with van der Waals surface area (Å²) in [6.45, 7) is 0. The molecule has 6 nitrogen and oxygen atoms in total. The van der Waals surface area contributed by atoms with Crippen LogP contribution in [0.2, 0.25) is 5.02 Å². The van der Waals surface area contributed by atoms with Gasteiger partial charge in [-0.15, -0.1) is 11.3 Å². The Morgan fingerprint density at radius 3 is 2.52 bits per heavy atom. The van der Waals surface area contributed by atoms with Crippen molar-refractivity contribution in [1.29, 1.82) is 0 Å². The minimum atomic E-state index is -0.137. The van der Waals surface area contributed by atoms with Gasteiger partial charge in [-0.05, 0) is 24.1 Å². The fourth-order valence-electron chi connectivity index (χ4n) is 2.91. The van der Waals surface area contributed by atoms with E-state index in [2.05, 4.69) is 10.3 Å². The third kappa shape index (κ3) is 4.81. The van der Waals surface area contributed by atoms with E-state index in [1.807, 2.05) is 35.7 Å². The first kappa shape index (κ1) is 21.0. The number of amides is 1. The Labute approximate surface area is 178 Å². The van der Waals surface area contributed by atoms with E-state index >= 15 is 0 Å². The molecule has 1 aromatic heterocycles. The summed E-state index contributed by atoms with van der Waals surface area (Å²) in [4.78, 5) is 16.9. The van der Waals surface area contributed by atoms with Gasteiger partial charge in [0.2, 0.25) is 11.7 Å². The van der Waals surface area contributed by atoms with Crippen LogP contribution in [0.25, 0.3) is 11.3 Å². The molecule has 3 rings (SSSR count). The number of aromatic nitrogens is 1. The zero-order chi connectivity index (χ0) is 20.8. The Morgan fingerprint density at radius 1 is 1.07 bits per heavy atom. The molecule has 29 heavy (non-hydrogen) atoms. The smallest absolute Gasteiger partial charge is 0.226 e. The highest BCUT2D eigenvalue weighted by Crippen LogP contribution is 2.40. The van der Waals surface area contributed by atoms with Crippen LogP contribution in [0, 0.1) is 0 Å². The summed E-state index contributed by atoms with van der Waals surface area (Å²) in [5.41, 5.74) is 2.43. The van der Waals surface area contributed by atoms with Crippen molar-refractivity contribution in [2.75, 3.05) is 26.6 Å². The van der Waals surface area contributed by atoms with Gasteiger partial charge in [-0.1, -0.05) is 35.9 Å². The summed E-state index contributed by atoms with van der Waals surface area (Å²) in [5, 5.41) is 5.86. The van der Waals surface area contributed by atoms with Crippen molar-refractivity contribution in [2.45, 2.75) is 12.8 Å². The van der Waals surface area contributed by atoms with Crippen LogP contribution in [0.1, 0.15) is 12.0 Å². The van der Waals surface area contributed by atoms with Gasteiger partial charge in [0.15, 0.2) is 16.6 Å². The molecule has 1 heterocycles. The van der Waals surface area contributed by atoms with E-state index in [-0.39, 0.29) is 12.3 Å². The number of methoxy groups -OCH3 is 3. The van der Waals surface area contributed by atoms with Gasteiger partial charge in [-0.25, -0.2) is 4.98 Å². The number of hydrogen-bond donors (Lipinski definition) is 1. The van der Waals surface area contributed by atoms with Crippen molar-refractivity contribution in [3.63, 3.8) is 0 Å². The second-order valence-corrected chi connectivity index (χ2v) is 7.32. The molecule has 0 spiro atoms. The third-order valence-electron chi connectivity index (χ3n) is 4.31. The van der Waals surface area contributed by atoms with Crippen molar-refractivity contribution in [3.05, 3.63) is 52.4 Å². The van der Waals surface area contributed by atoms with Crippen molar-refractivity contribution >= 4 is 34.0 Å². The van der Waals surface area contributed by atoms with Gasteiger partial charge in [0, 0.05) is 22.4 Å². The molecule has 0 saturated carbocycles. The van der Waals surface area contributed by atoms with Crippen LogP contribution in [-0.2, 0) is 11.2 Å². The summed E-state index contributed by atoms with van der Waals surface area (Å²) in [6.07, 6.45) is 0.755. The maximum Gasteiger partial charge on any atom is 0.226 e. The predicted molar refractivity (Wildman–Crippen MR) is 116 cm³/mol. The highest BCUT2D eigenvalue weighted by Gasteiger charge is 2.17. The van der Waals surface area contributed by atoms with E-state index < -0.39 is 0 Å². The average molecular weight is 433 g/mol. The number of ether oxygens (including phenoxy) is 3. The molecule has 3 aromatic rings. The van der Waals surface area contributed by atoms with Crippen LogP contribution >= 0.6 is 22.9 Å². The second kappa shape index (κ2) is 9.62. The number of thiazole rings is 1. The maximum absolute atomic E-state index is 12.4. The number of carbonyl (C=O) groups is 1. The fraction of sp³-hybridized carbons (Fsp3) is 0.238. The lowest BCUT2D eigenvalue weighted by Crippen LogP contribution is -2.12. The Bertz CT molecular complexity index is 1010. The predicted octanol–water partition coefficient (Wildman–Crippen LogP) is 5.06. The van der Waals surface area contributed by atoms with Gasteiger partial charge in [-0.2, -0.15) is 0 Å². The van der Waals surface area contributed by atoms with E-state index in [1.165, 1.54) is 11.3 Å². The fourth-order valence-corrected chi connectivity index (χ4v) is 3.87. The van der Waals surface area contributed by atoms with Gasteiger partial charge in [0.25, 0.3) is 0 Å². The summed E-state index contributed by atoms with van der Waals surface area (Å²) in [7, 11) is 4.68. The Kier molecular flexibility index (Phi) is 6.95. The molecule has 1 amide bonds. The topological polar surface area (TPSA) is 69.7 Å². The molecule has 0 aliphatic rings. The molecule has 0 atom stereocenters. The highest BCUT2D eigenvalue weighted by molar-refractivity contribution is 7.14. The molecular formula is C21H21ClN2O4S. The minimum absolute atomic E-state index is 0.137. The van der Waals surface area contributed by atoms with Crippen LogP contribution in [0.5, 0.6) is 17.2 Å². The number of rotatable bonds is 8. The second-order valence-electron chi connectivity index (χ2n) is 6.06. The zero-order valence-corrected chi connectivity index (χ0v) is 17.9. The van der Waals surface area contributed by atoms with Crippen molar-refractivity contribution in [1.82, 2.24) is 4.98 Å². The van der Waals surface area contributed by atoms with Crippen LogP contribution in [0.15, 0.2) is 41.8 Å². The number of halogens is 1. The van der Waals surface area contributed by atoms with Crippen molar-refractivity contribution in [2.24, 2.45) is 0 Å². The summed E-state index contributed by atoms with van der Waals surface area (Å²) >= 11 is 7.57. The summed E-state index contributed by atoms with van der Waals surface area (Å²) in [6, 6.07) is 11.1. The Morgan fingerprint density at radius 2 is 1.83 bits per heavy atom. The van der Waals surface area contributed by atoms with Crippen LogP contribution < -0.4 is 19.5 Å². The van der Waals surface area contributed by atoms with Gasteiger partial charge >= 0.3 is 0 Å². The van der Waals surface area contributed by atoms with E-state index in [0.29, 0.717) is 33.8 Å². The van der Waals surface area contributed by atoms with Gasteiger partial charge < -0.3 is 19.5 Å². The largest absolute Gasteiger partial charge is 0.493 e. The maximum atomic E-state index is 12.4.